The van der Waals surface area contributed by atoms with Crippen molar-refractivity contribution < 1.29 is 59.6 Å². The van der Waals surface area contributed by atoms with Gasteiger partial charge in [0.1, 0.15) is 6.04 Å². The summed E-state index contributed by atoms with van der Waals surface area (Å²) in [5, 5.41) is 4.33. The number of nitrogens with one attached hydrogen (secondary N) is 2. The minimum atomic E-state index is -5.12. The fraction of sp³-hybridized carbons (Fsp3) is 0.667. The molecule has 0 aromatic heterocycles. The van der Waals surface area contributed by atoms with Crippen LogP contribution in [0.2, 0.25) is 0 Å². The van der Waals surface area contributed by atoms with E-state index in [0.29, 0.717) is 38.6 Å². The Hall–Kier alpha value is -3.39. The van der Waals surface area contributed by atoms with Crippen molar-refractivity contribution in [3.05, 3.63) is 29.3 Å². The lowest BCUT2D eigenvalue weighted by Gasteiger charge is -2.28. The van der Waals surface area contributed by atoms with Gasteiger partial charge in [0.2, 0.25) is 5.91 Å². The molecule has 0 unspecified atom stereocenters. The second kappa shape index (κ2) is 20.0. The molecule has 1 atom stereocenters. The van der Waals surface area contributed by atoms with Gasteiger partial charge in [0.15, 0.2) is 5.96 Å². The van der Waals surface area contributed by atoms with Crippen molar-refractivity contribution in [2.24, 2.45) is 16.5 Å². The quantitative estimate of drug-likeness (QED) is 0.147. The first-order chi connectivity index (χ1) is 21.8. The van der Waals surface area contributed by atoms with Gasteiger partial charge in [0.05, 0.1) is 77.2 Å². The highest BCUT2D eigenvalue weighted by molar-refractivity contribution is 5.94. The third-order valence-corrected chi connectivity index (χ3v) is 6.21. The summed E-state index contributed by atoms with van der Waals surface area (Å²) in [5.74, 6) is -0.813. The standard InChI is InChI=1S/C27H40F6N6O7/c28-26(29,30)19-16-20(27(31,32)33)18-21(17-19)37-25(41)38-22(2-1-3-36-24(34)35)23(40)39-4-6-42-8-10-44-12-14-46-15-13-45-11-9-43-7-5-39/h16-18,22H,1-15H2,(H4,34,35,36)(H2,37,38,41)/t22-/m0/s1. The van der Waals surface area contributed by atoms with Crippen LogP contribution in [0.5, 0.6) is 0 Å². The number of rotatable bonds is 7. The predicted octanol–water partition coefficient (Wildman–Crippen LogP) is 2.19. The number of hydrogen-bond acceptors (Lipinski definition) is 8. The third kappa shape index (κ3) is 15.7. The molecule has 0 spiro atoms. The highest BCUT2D eigenvalue weighted by Crippen LogP contribution is 2.37. The molecule has 0 bridgehead atoms. The van der Waals surface area contributed by atoms with Crippen molar-refractivity contribution in [2.45, 2.75) is 31.2 Å². The molecule has 1 saturated heterocycles. The van der Waals surface area contributed by atoms with Crippen molar-refractivity contribution >= 4 is 23.6 Å². The lowest BCUT2D eigenvalue weighted by atomic mass is 10.1. The molecule has 0 saturated carbocycles. The van der Waals surface area contributed by atoms with Crippen LogP contribution in [0, 0.1) is 0 Å². The predicted molar refractivity (Wildman–Crippen MR) is 153 cm³/mol. The van der Waals surface area contributed by atoms with Crippen LogP contribution in [0.3, 0.4) is 0 Å². The minimum absolute atomic E-state index is 0.0264. The van der Waals surface area contributed by atoms with E-state index in [1.807, 2.05) is 5.32 Å². The van der Waals surface area contributed by atoms with Gasteiger partial charge in [0, 0.05) is 25.3 Å². The zero-order chi connectivity index (χ0) is 34.0. The number of guanidine groups is 1. The number of amides is 3. The number of carbonyl (C=O) groups is 2. The van der Waals surface area contributed by atoms with Crippen LogP contribution in [0.25, 0.3) is 0 Å². The summed E-state index contributed by atoms with van der Waals surface area (Å²) in [6.07, 6.45) is -10.1. The minimum Gasteiger partial charge on any atom is -0.377 e. The molecule has 1 aromatic rings. The van der Waals surface area contributed by atoms with Gasteiger partial charge in [-0.3, -0.25) is 9.79 Å². The number of aliphatic imine (C=N–C) groups is 1. The average Bonchev–Trinajstić information content (AvgIpc) is 2.97. The van der Waals surface area contributed by atoms with E-state index in [1.165, 1.54) is 4.90 Å². The first-order valence-corrected chi connectivity index (χ1v) is 14.4. The molecule has 1 aliphatic heterocycles. The first-order valence-electron chi connectivity index (χ1n) is 14.4. The summed E-state index contributed by atoms with van der Waals surface area (Å²) in [6, 6.07) is -1.84. The van der Waals surface area contributed by atoms with Gasteiger partial charge in [-0.25, -0.2) is 4.79 Å². The van der Waals surface area contributed by atoms with Gasteiger partial charge in [-0.15, -0.1) is 0 Å². The van der Waals surface area contributed by atoms with Crippen molar-refractivity contribution in [2.75, 3.05) is 91.0 Å². The molecule has 19 heteroatoms. The van der Waals surface area contributed by atoms with Crippen molar-refractivity contribution in [3.63, 3.8) is 0 Å². The SMILES string of the molecule is NC(N)=NCCC[C@H](NC(=O)Nc1cc(C(F)(F)F)cc(C(F)(F)F)c1)C(=O)N1CCOCCOCCOCCOCCOCC1. The van der Waals surface area contributed by atoms with E-state index in [4.69, 9.17) is 35.2 Å². The average molecular weight is 675 g/mol. The summed E-state index contributed by atoms with van der Waals surface area (Å²) in [7, 11) is 0. The lowest BCUT2D eigenvalue weighted by Crippen LogP contribution is -2.51. The maximum atomic E-state index is 13.6. The fourth-order valence-electron chi connectivity index (χ4n) is 4.00. The van der Waals surface area contributed by atoms with Gasteiger partial charge < -0.3 is 50.7 Å². The van der Waals surface area contributed by atoms with Crippen molar-refractivity contribution in [3.8, 4) is 0 Å². The number of nitrogens with two attached hydrogens (primary N) is 2. The number of benzene rings is 1. The Morgan fingerprint density at radius 2 is 1.20 bits per heavy atom. The Morgan fingerprint density at radius 3 is 1.61 bits per heavy atom. The summed E-state index contributed by atoms with van der Waals surface area (Å²) < 4.78 is 107. The van der Waals surface area contributed by atoms with Gasteiger partial charge in [0.25, 0.3) is 0 Å². The molecule has 3 amide bonds. The molecule has 262 valence electrons. The number of nitrogens with zero attached hydrogens (tertiary/aromatic N) is 2. The smallest absolute Gasteiger partial charge is 0.377 e. The summed E-state index contributed by atoms with van der Waals surface area (Å²) >= 11 is 0. The molecular weight excluding hydrogens is 634 g/mol. The summed E-state index contributed by atoms with van der Waals surface area (Å²) in [6.45, 7) is 2.85. The van der Waals surface area contributed by atoms with Gasteiger partial charge in [-0.05, 0) is 31.0 Å². The molecule has 6 N–H and O–H groups in total. The Morgan fingerprint density at radius 1 is 0.761 bits per heavy atom. The van der Waals surface area contributed by atoms with E-state index >= 15 is 0 Å². The largest absolute Gasteiger partial charge is 0.416 e. The van der Waals surface area contributed by atoms with Crippen LogP contribution in [-0.4, -0.2) is 115 Å². The Balaban J connectivity index is 2.19. The number of halogens is 6. The van der Waals surface area contributed by atoms with E-state index in [2.05, 4.69) is 10.3 Å². The third-order valence-electron chi connectivity index (χ3n) is 6.21. The van der Waals surface area contributed by atoms with E-state index in [9.17, 15) is 35.9 Å². The van der Waals surface area contributed by atoms with Gasteiger partial charge >= 0.3 is 18.4 Å². The number of ether oxygens (including phenoxy) is 5. The number of alkyl halides is 6. The van der Waals surface area contributed by atoms with E-state index in [1.54, 1.807) is 0 Å². The maximum Gasteiger partial charge on any atom is 0.416 e. The van der Waals surface area contributed by atoms with Crippen LogP contribution in [-0.2, 0) is 40.8 Å². The first kappa shape index (κ1) is 38.8. The monoisotopic (exact) mass is 674 g/mol. The molecular formula is C27H40F6N6O7. The summed E-state index contributed by atoms with van der Waals surface area (Å²) in [5.41, 5.74) is 6.67. The Labute approximate surface area is 261 Å². The van der Waals surface area contributed by atoms with Gasteiger partial charge in [-0.2, -0.15) is 26.3 Å². The zero-order valence-corrected chi connectivity index (χ0v) is 25.1. The molecule has 1 aliphatic rings. The Bertz CT molecular complexity index is 1060. The van der Waals surface area contributed by atoms with Crippen LogP contribution in [0.15, 0.2) is 23.2 Å². The molecule has 2 rings (SSSR count). The topological polar surface area (TPSA) is 172 Å². The van der Waals surface area contributed by atoms with Crippen LogP contribution in [0.1, 0.15) is 24.0 Å². The van der Waals surface area contributed by atoms with Crippen LogP contribution in [0.4, 0.5) is 36.8 Å². The molecule has 1 fully saturated rings. The molecule has 0 radical (unpaired) electrons. The second-order valence-corrected chi connectivity index (χ2v) is 9.78. The number of carbonyl (C=O) groups excluding carboxylic acids is 2. The van der Waals surface area contributed by atoms with Crippen molar-refractivity contribution in [1.29, 1.82) is 0 Å². The second-order valence-electron chi connectivity index (χ2n) is 9.78. The normalized spacial score (nSPS) is 17.7. The highest BCUT2D eigenvalue weighted by atomic mass is 19.4. The van der Waals surface area contributed by atoms with Crippen LogP contribution >= 0.6 is 0 Å². The zero-order valence-electron chi connectivity index (χ0n) is 25.1. The van der Waals surface area contributed by atoms with E-state index in [-0.39, 0.29) is 84.1 Å². The van der Waals surface area contributed by atoms with E-state index < -0.39 is 47.1 Å². The fourth-order valence-corrected chi connectivity index (χ4v) is 4.00. The Kier molecular flexibility index (Phi) is 16.8. The molecule has 1 heterocycles. The molecule has 13 nitrogen and oxygen atoms in total. The number of urea groups is 1. The molecule has 46 heavy (non-hydrogen) atoms. The van der Waals surface area contributed by atoms with E-state index in [0.717, 1.165) is 0 Å². The molecule has 0 aliphatic carbocycles. The number of anilines is 1. The van der Waals surface area contributed by atoms with Gasteiger partial charge in [-0.1, -0.05) is 0 Å². The summed E-state index contributed by atoms with van der Waals surface area (Å²) in [4.78, 5) is 31.7. The maximum absolute atomic E-state index is 13.6. The highest BCUT2D eigenvalue weighted by Gasteiger charge is 2.37. The molecule has 1 aromatic carbocycles. The lowest BCUT2D eigenvalue weighted by molar-refractivity contribution is -0.143. The van der Waals surface area contributed by atoms with Crippen LogP contribution < -0.4 is 22.1 Å². The number of hydrogen-bond donors (Lipinski definition) is 4. The van der Waals surface area contributed by atoms with Crippen molar-refractivity contribution in [1.82, 2.24) is 10.2 Å².